The Morgan fingerprint density at radius 2 is 2.08 bits per heavy atom. The average Bonchev–Trinajstić information content (AvgIpc) is 2.09. The van der Waals surface area contributed by atoms with Crippen molar-refractivity contribution in [1.29, 1.82) is 0 Å². The van der Waals surface area contributed by atoms with Crippen LogP contribution in [0.25, 0.3) is 0 Å². The summed E-state index contributed by atoms with van der Waals surface area (Å²) < 4.78 is 0. The topological polar surface area (TPSA) is 29.4 Å². The molecule has 0 saturated carbocycles. The third-order valence-electron chi connectivity index (χ3n) is 1.71. The number of rotatable bonds is 4. The van der Waals surface area contributed by atoms with Gasteiger partial charge < -0.3 is 0 Å². The number of hydrogen-bond acceptors (Lipinski definition) is 2. The van der Waals surface area contributed by atoms with E-state index in [-0.39, 0.29) is 0 Å². The van der Waals surface area contributed by atoms with Crippen LogP contribution in [0.5, 0.6) is 0 Å². The fourth-order valence-electron chi connectivity index (χ4n) is 1.06. The van der Waals surface area contributed by atoms with Gasteiger partial charge in [0.1, 0.15) is 0 Å². The van der Waals surface area contributed by atoms with Crippen LogP contribution in [0.15, 0.2) is 23.4 Å². The third-order valence-corrected chi connectivity index (χ3v) is 2.30. The van der Waals surface area contributed by atoms with Crippen LogP contribution in [0, 0.1) is 4.91 Å². The number of halogens is 2. The van der Waals surface area contributed by atoms with Crippen molar-refractivity contribution in [2.24, 2.45) is 5.18 Å². The van der Waals surface area contributed by atoms with Crippen LogP contribution in [0.2, 0.25) is 10.0 Å². The summed E-state index contributed by atoms with van der Waals surface area (Å²) in [6.45, 7) is 0.332. The second-order valence-corrected chi connectivity index (χ2v) is 3.54. The minimum atomic E-state index is 0.332. The molecule has 70 valence electrons. The maximum Gasteiger partial charge on any atom is 0.0814 e. The molecule has 0 spiro atoms. The summed E-state index contributed by atoms with van der Waals surface area (Å²) in [5, 5.41) is 4.06. The zero-order chi connectivity index (χ0) is 9.68. The standard InChI is InChI=1S/C9H9Cl2NO/c10-8-4-3-7(9(11)6-8)2-1-5-12-13/h3-4,6H,1-2,5H2. The molecule has 0 fully saturated rings. The van der Waals surface area contributed by atoms with E-state index >= 15 is 0 Å². The predicted molar refractivity (Wildman–Crippen MR) is 55.4 cm³/mol. The van der Waals surface area contributed by atoms with Crippen LogP contribution in [-0.4, -0.2) is 6.54 Å². The molecule has 0 aromatic heterocycles. The van der Waals surface area contributed by atoms with E-state index in [1.54, 1.807) is 12.1 Å². The molecule has 0 saturated heterocycles. The summed E-state index contributed by atoms with van der Waals surface area (Å²) in [6, 6.07) is 5.36. The Labute approximate surface area is 86.8 Å². The molecule has 0 aliphatic heterocycles. The Morgan fingerprint density at radius 3 is 2.69 bits per heavy atom. The van der Waals surface area contributed by atoms with E-state index in [4.69, 9.17) is 23.2 Å². The predicted octanol–water partition coefficient (Wildman–Crippen LogP) is 3.69. The van der Waals surface area contributed by atoms with E-state index in [2.05, 4.69) is 5.18 Å². The van der Waals surface area contributed by atoms with Gasteiger partial charge in [0.15, 0.2) is 0 Å². The normalized spacial score (nSPS) is 10.0. The lowest BCUT2D eigenvalue weighted by Gasteiger charge is -2.02. The van der Waals surface area contributed by atoms with Gasteiger partial charge >= 0.3 is 0 Å². The first-order valence-electron chi connectivity index (χ1n) is 3.97. The molecule has 0 heterocycles. The molecular weight excluding hydrogens is 209 g/mol. The Balaban J connectivity index is 2.61. The SMILES string of the molecule is O=NCCCc1ccc(Cl)cc1Cl. The molecule has 1 rings (SSSR count). The lowest BCUT2D eigenvalue weighted by molar-refractivity contribution is 0.829. The van der Waals surface area contributed by atoms with Crippen molar-refractivity contribution in [2.45, 2.75) is 12.8 Å². The van der Waals surface area contributed by atoms with Crippen LogP contribution in [0.3, 0.4) is 0 Å². The van der Waals surface area contributed by atoms with Crippen molar-refractivity contribution in [1.82, 2.24) is 0 Å². The van der Waals surface area contributed by atoms with E-state index in [1.807, 2.05) is 6.07 Å². The van der Waals surface area contributed by atoms with Gasteiger partial charge in [0.25, 0.3) is 0 Å². The van der Waals surface area contributed by atoms with E-state index in [9.17, 15) is 4.91 Å². The van der Waals surface area contributed by atoms with Crippen molar-refractivity contribution in [3.05, 3.63) is 38.7 Å². The zero-order valence-electron chi connectivity index (χ0n) is 6.96. The van der Waals surface area contributed by atoms with Crippen molar-refractivity contribution in [2.75, 3.05) is 6.54 Å². The van der Waals surface area contributed by atoms with Crippen LogP contribution in [-0.2, 0) is 6.42 Å². The number of nitroso groups, excluding NO2 is 1. The minimum absolute atomic E-state index is 0.332. The third kappa shape index (κ3) is 3.33. The maximum absolute atomic E-state index is 9.83. The summed E-state index contributed by atoms with van der Waals surface area (Å²) in [4.78, 5) is 9.83. The first-order valence-corrected chi connectivity index (χ1v) is 4.72. The largest absolute Gasteiger partial charge is 0.151 e. The first-order chi connectivity index (χ1) is 6.24. The molecule has 0 aliphatic carbocycles. The van der Waals surface area contributed by atoms with Gasteiger partial charge in [-0.3, -0.25) is 0 Å². The van der Waals surface area contributed by atoms with Gasteiger partial charge in [0, 0.05) is 10.0 Å². The molecule has 1 aromatic carbocycles. The molecule has 1 aromatic rings. The van der Waals surface area contributed by atoms with Gasteiger partial charge in [-0.05, 0) is 30.5 Å². The van der Waals surface area contributed by atoms with Gasteiger partial charge in [0.05, 0.1) is 6.54 Å². The summed E-state index contributed by atoms with van der Waals surface area (Å²) >= 11 is 11.6. The second kappa shape index (κ2) is 5.20. The fraction of sp³-hybridized carbons (Fsp3) is 0.333. The Hall–Kier alpha value is -0.600. The van der Waals surface area contributed by atoms with E-state index in [0.29, 0.717) is 16.6 Å². The maximum atomic E-state index is 9.83. The Bertz CT molecular complexity index is 302. The number of hydrogen-bond donors (Lipinski definition) is 0. The number of aryl methyl sites for hydroxylation is 1. The van der Waals surface area contributed by atoms with Crippen molar-refractivity contribution < 1.29 is 0 Å². The van der Waals surface area contributed by atoms with E-state index in [0.717, 1.165) is 18.4 Å². The van der Waals surface area contributed by atoms with Crippen LogP contribution in [0.4, 0.5) is 0 Å². The van der Waals surface area contributed by atoms with E-state index in [1.165, 1.54) is 0 Å². The summed E-state index contributed by atoms with van der Waals surface area (Å²) in [6.07, 6.45) is 1.49. The highest BCUT2D eigenvalue weighted by atomic mass is 35.5. The zero-order valence-corrected chi connectivity index (χ0v) is 8.48. The van der Waals surface area contributed by atoms with E-state index < -0.39 is 0 Å². The first kappa shape index (κ1) is 10.5. The van der Waals surface area contributed by atoms with Gasteiger partial charge in [-0.15, -0.1) is 0 Å². The number of nitrogens with zero attached hydrogens (tertiary/aromatic N) is 1. The fourth-order valence-corrected chi connectivity index (χ4v) is 1.56. The minimum Gasteiger partial charge on any atom is -0.151 e. The highest BCUT2D eigenvalue weighted by molar-refractivity contribution is 6.35. The molecule has 13 heavy (non-hydrogen) atoms. The highest BCUT2D eigenvalue weighted by Crippen LogP contribution is 2.21. The second-order valence-electron chi connectivity index (χ2n) is 2.69. The molecule has 0 N–H and O–H groups in total. The quantitative estimate of drug-likeness (QED) is 0.559. The molecule has 0 unspecified atom stereocenters. The van der Waals surface area contributed by atoms with Crippen LogP contribution in [0.1, 0.15) is 12.0 Å². The molecular formula is C9H9Cl2NO. The molecule has 0 bridgehead atoms. The lowest BCUT2D eigenvalue weighted by Crippen LogP contribution is -1.89. The summed E-state index contributed by atoms with van der Waals surface area (Å²) in [7, 11) is 0. The molecule has 0 atom stereocenters. The van der Waals surface area contributed by atoms with Crippen LogP contribution < -0.4 is 0 Å². The molecule has 0 aliphatic rings. The highest BCUT2D eigenvalue weighted by Gasteiger charge is 2.00. The van der Waals surface area contributed by atoms with Crippen molar-refractivity contribution >= 4 is 23.2 Å². The Kier molecular flexibility index (Phi) is 4.19. The smallest absolute Gasteiger partial charge is 0.0814 e. The van der Waals surface area contributed by atoms with Crippen molar-refractivity contribution in [3.63, 3.8) is 0 Å². The van der Waals surface area contributed by atoms with Gasteiger partial charge in [-0.1, -0.05) is 34.4 Å². The molecule has 4 heteroatoms. The van der Waals surface area contributed by atoms with Crippen LogP contribution >= 0.6 is 23.2 Å². The summed E-state index contributed by atoms with van der Waals surface area (Å²) in [5.41, 5.74) is 1.01. The lowest BCUT2D eigenvalue weighted by atomic mass is 10.1. The molecule has 0 amide bonds. The number of benzene rings is 1. The monoisotopic (exact) mass is 217 g/mol. The van der Waals surface area contributed by atoms with Gasteiger partial charge in [-0.25, -0.2) is 0 Å². The average molecular weight is 218 g/mol. The Morgan fingerprint density at radius 1 is 1.31 bits per heavy atom. The van der Waals surface area contributed by atoms with Crippen molar-refractivity contribution in [3.8, 4) is 0 Å². The molecule has 0 radical (unpaired) electrons. The summed E-state index contributed by atoms with van der Waals surface area (Å²) in [5.74, 6) is 0. The molecule has 2 nitrogen and oxygen atoms in total. The van der Waals surface area contributed by atoms with Gasteiger partial charge in [0.2, 0.25) is 0 Å². The van der Waals surface area contributed by atoms with Gasteiger partial charge in [-0.2, -0.15) is 4.91 Å².